The topological polar surface area (TPSA) is 50.2 Å². The number of aromatic nitrogens is 2. The van der Waals surface area contributed by atoms with Gasteiger partial charge in [0.1, 0.15) is 0 Å². The van der Waals surface area contributed by atoms with Gasteiger partial charge in [-0.3, -0.25) is 9.36 Å². The molecule has 1 saturated heterocycles. The van der Waals surface area contributed by atoms with E-state index >= 15 is 0 Å². The zero-order chi connectivity index (χ0) is 18.1. The summed E-state index contributed by atoms with van der Waals surface area (Å²) in [6.45, 7) is 5.99. The normalized spacial score (nSPS) is 14.8. The van der Waals surface area contributed by atoms with E-state index in [-0.39, 0.29) is 5.56 Å². The monoisotopic (exact) mass is 368 g/mol. The molecule has 1 fully saturated rings. The van der Waals surface area contributed by atoms with E-state index in [1.807, 2.05) is 6.07 Å². The highest BCUT2D eigenvalue weighted by Gasteiger charge is 2.19. The minimum atomic E-state index is -0.0494. The number of hydrogen-bond acceptors (Lipinski definition) is 4. The molecule has 0 spiro atoms. The lowest BCUT2D eigenvalue weighted by Gasteiger charge is -2.30. The van der Waals surface area contributed by atoms with Crippen LogP contribution in [-0.4, -0.2) is 35.7 Å². The van der Waals surface area contributed by atoms with Crippen LogP contribution in [-0.2, 0) is 6.54 Å². The van der Waals surface area contributed by atoms with Gasteiger partial charge in [-0.05, 0) is 30.7 Å². The molecule has 26 heavy (non-hydrogen) atoms. The number of nitrogens with one attached hydrogen (secondary N) is 1. The molecule has 2 heterocycles. The second-order valence-electron chi connectivity index (χ2n) is 6.69. The number of halogens is 1. The molecular formula is C20H21ClN4O. The van der Waals surface area contributed by atoms with Gasteiger partial charge in [0.05, 0.1) is 17.4 Å². The third-order valence-electron chi connectivity index (χ3n) is 4.76. The predicted molar refractivity (Wildman–Crippen MR) is 106 cm³/mol. The molecule has 1 aliphatic rings. The highest BCUT2D eigenvalue weighted by molar-refractivity contribution is 6.31. The molecule has 6 heteroatoms. The van der Waals surface area contributed by atoms with E-state index in [9.17, 15) is 4.79 Å². The van der Waals surface area contributed by atoms with Crippen LogP contribution in [0.4, 0.5) is 5.95 Å². The molecule has 0 saturated carbocycles. The lowest BCUT2D eigenvalue weighted by Crippen LogP contribution is -2.46. The summed E-state index contributed by atoms with van der Waals surface area (Å²) in [7, 11) is 0. The van der Waals surface area contributed by atoms with Crippen molar-refractivity contribution >= 4 is 28.5 Å². The number of hydrogen-bond donors (Lipinski definition) is 1. The first-order valence-electron chi connectivity index (χ1n) is 8.83. The molecule has 3 aromatic rings. The van der Waals surface area contributed by atoms with Gasteiger partial charge in [-0.1, -0.05) is 41.4 Å². The van der Waals surface area contributed by atoms with Crippen molar-refractivity contribution in [3.8, 4) is 0 Å². The van der Waals surface area contributed by atoms with E-state index in [1.54, 1.807) is 16.7 Å². The maximum Gasteiger partial charge on any atom is 0.263 e. The summed E-state index contributed by atoms with van der Waals surface area (Å²) in [6.07, 6.45) is 0. The molecule has 0 bridgehead atoms. The van der Waals surface area contributed by atoms with E-state index in [0.29, 0.717) is 22.5 Å². The van der Waals surface area contributed by atoms with Gasteiger partial charge in [0.25, 0.3) is 5.56 Å². The molecule has 4 rings (SSSR count). The van der Waals surface area contributed by atoms with Crippen molar-refractivity contribution in [2.45, 2.75) is 13.5 Å². The number of fused-ring (bicyclic) bond motifs is 1. The standard InChI is InChI=1S/C20H21ClN4O/c1-14-2-4-15(5-3-14)13-25-19(26)17-12-16(21)6-7-18(17)23-20(25)24-10-8-22-9-11-24/h2-7,12,22H,8-11,13H2,1H3. The van der Waals surface area contributed by atoms with Crippen molar-refractivity contribution in [1.29, 1.82) is 0 Å². The summed E-state index contributed by atoms with van der Waals surface area (Å²) in [6, 6.07) is 13.6. The van der Waals surface area contributed by atoms with Gasteiger partial charge < -0.3 is 10.2 Å². The first-order chi connectivity index (χ1) is 12.6. The maximum absolute atomic E-state index is 13.2. The number of piperazine rings is 1. The van der Waals surface area contributed by atoms with E-state index < -0.39 is 0 Å². The van der Waals surface area contributed by atoms with Gasteiger partial charge >= 0.3 is 0 Å². The molecule has 1 aliphatic heterocycles. The van der Waals surface area contributed by atoms with Crippen LogP contribution in [0.2, 0.25) is 5.02 Å². The van der Waals surface area contributed by atoms with Gasteiger partial charge in [0.2, 0.25) is 5.95 Å². The largest absolute Gasteiger partial charge is 0.340 e. The molecule has 0 radical (unpaired) electrons. The predicted octanol–water partition coefficient (Wildman–Crippen LogP) is 2.82. The van der Waals surface area contributed by atoms with Crippen LogP contribution in [0, 0.1) is 6.92 Å². The number of rotatable bonds is 3. The third kappa shape index (κ3) is 3.32. The molecule has 1 aromatic heterocycles. The first kappa shape index (κ1) is 17.1. The molecule has 134 valence electrons. The number of aryl methyl sites for hydroxylation is 1. The van der Waals surface area contributed by atoms with Gasteiger partial charge in [-0.25, -0.2) is 4.98 Å². The summed E-state index contributed by atoms with van der Waals surface area (Å²) in [4.78, 5) is 20.2. The highest BCUT2D eigenvalue weighted by Crippen LogP contribution is 2.20. The minimum Gasteiger partial charge on any atom is -0.340 e. The maximum atomic E-state index is 13.2. The molecule has 5 nitrogen and oxygen atoms in total. The first-order valence-corrected chi connectivity index (χ1v) is 9.21. The van der Waals surface area contributed by atoms with Crippen molar-refractivity contribution in [3.63, 3.8) is 0 Å². The fourth-order valence-corrected chi connectivity index (χ4v) is 3.48. The van der Waals surface area contributed by atoms with Gasteiger partial charge in [0, 0.05) is 31.2 Å². The lowest BCUT2D eigenvalue weighted by atomic mass is 10.1. The Bertz CT molecular complexity index is 991. The molecule has 0 aliphatic carbocycles. The SMILES string of the molecule is Cc1ccc(Cn2c(N3CCNCC3)nc3ccc(Cl)cc3c2=O)cc1. The smallest absolute Gasteiger partial charge is 0.263 e. The van der Waals surface area contributed by atoms with E-state index in [1.165, 1.54) is 5.56 Å². The summed E-state index contributed by atoms with van der Waals surface area (Å²) in [5.74, 6) is 0.729. The quantitative estimate of drug-likeness (QED) is 0.772. The van der Waals surface area contributed by atoms with Crippen LogP contribution in [0.15, 0.2) is 47.3 Å². The van der Waals surface area contributed by atoms with Gasteiger partial charge in [-0.2, -0.15) is 0 Å². The Hall–Kier alpha value is -2.37. The third-order valence-corrected chi connectivity index (χ3v) is 4.99. The van der Waals surface area contributed by atoms with Gasteiger partial charge in [0.15, 0.2) is 0 Å². The fraction of sp³-hybridized carbons (Fsp3) is 0.300. The number of benzene rings is 2. The van der Waals surface area contributed by atoms with Crippen molar-refractivity contribution < 1.29 is 0 Å². The number of anilines is 1. The molecule has 0 atom stereocenters. The lowest BCUT2D eigenvalue weighted by molar-refractivity contribution is 0.564. The summed E-state index contributed by atoms with van der Waals surface area (Å²) in [5.41, 5.74) is 2.92. The Kier molecular flexibility index (Phi) is 4.66. The zero-order valence-corrected chi connectivity index (χ0v) is 15.5. The van der Waals surface area contributed by atoms with Crippen molar-refractivity contribution in [3.05, 3.63) is 69.0 Å². The summed E-state index contributed by atoms with van der Waals surface area (Å²) >= 11 is 6.11. The second-order valence-corrected chi connectivity index (χ2v) is 7.12. The Morgan fingerprint density at radius 3 is 2.58 bits per heavy atom. The van der Waals surface area contributed by atoms with Crippen molar-refractivity contribution in [2.24, 2.45) is 0 Å². The van der Waals surface area contributed by atoms with Crippen molar-refractivity contribution in [2.75, 3.05) is 31.1 Å². The Morgan fingerprint density at radius 1 is 1.12 bits per heavy atom. The fourth-order valence-electron chi connectivity index (χ4n) is 3.31. The van der Waals surface area contributed by atoms with Crippen LogP contribution in [0.25, 0.3) is 10.9 Å². The average Bonchev–Trinajstić information content (AvgIpc) is 2.66. The molecular weight excluding hydrogens is 348 g/mol. The van der Waals surface area contributed by atoms with Gasteiger partial charge in [-0.15, -0.1) is 0 Å². The average molecular weight is 369 g/mol. The second kappa shape index (κ2) is 7.09. The molecule has 1 N–H and O–H groups in total. The van der Waals surface area contributed by atoms with Crippen LogP contribution >= 0.6 is 11.6 Å². The van der Waals surface area contributed by atoms with Crippen LogP contribution in [0.3, 0.4) is 0 Å². The molecule has 0 amide bonds. The number of nitrogens with zero attached hydrogens (tertiary/aromatic N) is 3. The highest BCUT2D eigenvalue weighted by atomic mass is 35.5. The van der Waals surface area contributed by atoms with E-state index in [4.69, 9.17) is 16.6 Å². The van der Waals surface area contributed by atoms with Crippen molar-refractivity contribution in [1.82, 2.24) is 14.9 Å². The summed E-state index contributed by atoms with van der Waals surface area (Å²) < 4.78 is 1.77. The zero-order valence-electron chi connectivity index (χ0n) is 14.7. The van der Waals surface area contributed by atoms with Crippen LogP contribution in [0.1, 0.15) is 11.1 Å². The van der Waals surface area contributed by atoms with Crippen LogP contribution < -0.4 is 15.8 Å². The summed E-state index contributed by atoms with van der Waals surface area (Å²) in [5, 5.41) is 4.45. The minimum absolute atomic E-state index is 0.0494. The Labute approximate surface area is 157 Å². The molecule has 2 aromatic carbocycles. The molecule has 0 unspecified atom stereocenters. The van der Waals surface area contributed by atoms with E-state index in [0.717, 1.165) is 37.7 Å². The Morgan fingerprint density at radius 2 is 1.85 bits per heavy atom. The van der Waals surface area contributed by atoms with Crippen LogP contribution in [0.5, 0.6) is 0 Å². The van der Waals surface area contributed by atoms with E-state index in [2.05, 4.69) is 41.4 Å². The Balaban J connectivity index is 1.87.